The number of nitrogens with one attached hydrogen (secondary N) is 2. The van der Waals surface area contributed by atoms with E-state index in [9.17, 15) is 9.59 Å². The molecule has 0 aromatic carbocycles. The molecule has 7 heteroatoms. The van der Waals surface area contributed by atoms with Gasteiger partial charge in [0.2, 0.25) is 5.91 Å². The molecular weight excluding hydrogens is 382 g/mol. The summed E-state index contributed by atoms with van der Waals surface area (Å²) in [5, 5.41) is 6.30. The summed E-state index contributed by atoms with van der Waals surface area (Å²) < 4.78 is 0.383. The molecule has 2 saturated carbocycles. The second-order valence-corrected chi connectivity index (χ2v) is 9.76. The van der Waals surface area contributed by atoms with E-state index in [1.54, 1.807) is 0 Å². The molecule has 2 fully saturated rings. The minimum Gasteiger partial charge on any atom is -0.353 e. The maximum absolute atomic E-state index is 12.5. The Morgan fingerprint density at radius 1 is 1.11 bits per heavy atom. The van der Waals surface area contributed by atoms with Crippen molar-refractivity contribution in [3.05, 3.63) is 15.5 Å². The van der Waals surface area contributed by atoms with E-state index in [0.29, 0.717) is 9.34 Å². The second-order valence-electron chi connectivity index (χ2n) is 8.15. The molecule has 1 aromatic rings. The average Bonchev–Trinajstić information content (AvgIpc) is 3.10. The van der Waals surface area contributed by atoms with Crippen LogP contribution in [0.3, 0.4) is 0 Å². The summed E-state index contributed by atoms with van der Waals surface area (Å²) in [5.41, 5.74) is 0. The van der Waals surface area contributed by atoms with Crippen molar-refractivity contribution in [2.75, 3.05) is 0 Å². The third-order valence-corrected chi connectivity index (χ3v) is 7.08. The van der Waals surface area contributed by atoms with E-state index in [4.69, 9.17) is 11.6 Å². The average molecular weight is 412 g/mol. The number of nitrogens with zero attached hydrogens (tertiary/aromatic N) is 1. The summed E-state index contributed by atoms with van der Waals surface area (Å²) in [7, 11) is 0. The van der Waals surface area contributed by atoms with Crippen LogP contribution in [0.15, 0.2) is 6.20 Å². The molecule has 150 valence electrons. The van der Waals surface area contributed by atoms with Gasteiger partial charge < -0.3 is 10.6 Å². The molecule has 0 bridgehead atoms. The van der Waals surface area contributed by atoms with Gasteiger partial charge in [-0.3, -0.25) is 9.59 Å². The van der Waals surface area contributed by atoms with Crippen LogP contribution >= 0.6 is 22.9 Å². The predicted molar refractivity (Wildman–Crippen MR) is 109 cm³/mol. The topological polar surface area (TPSA) is 71.1 Å². The van der Waals surface area contributed by atoms with Crippen molar-refractivity contribution in [1.82, 2.24) is 15.6 Å². The third kappa shape index (κ3) is 6.18. The number of carbonyl (C=O) groups excluding carboxylic acids is 2. The predicted octanol–water partition coefficient (Wildman–Crippen LogP) is 4.56. The lowest BCUT2D eigenvalue weighted by Gasteiger charge is -2.31. The van der Waals surface area contributed by atoms with Gasteiger partial charge in [-0.05, 0) is 38.0 Å². The van der Waals surface area contributed by atoms with Gasteiger partial charge in [-0.25, -0.2) is 4.98 Å². The van der Waals surface area contributed by atoms with Crippen LogP contribution in [-0.4, -0.2) is 28.9 Å². The second kappa shape index (κ2) is 9.87. The zero-order chi connectivity index (χ0) is 19.2. The molecule has 2 aliphatic rings. The zero-order valence-electron chi connectivity index (χ0n) is 16.0. The molecule has 2 N–H and O–H groups in total. The van der Waals surface area contributed by atoms with Gasteiger partial charge in [-0.1, -0.05) is 62.0 Å². The molecule has 2 amide bonds. The lowest BCUT2D eigenvalue weighted by molar-refractivity contribution is -0.126. The third-order valence-electron chi connectivity index (χ3n) is 5.97. The Morgan fingerprint density at radius 2 is 1.74 bits per heavy atom. The van der Waals surface area contributed by atoms with Gasteiger partial charge in [0.05, 0.1) is 6.20 Å². The molecule has 27 heavy (non-hydrogen) atoms. The Bertz CT molecular complexity index is 637. The summed E-state index contributed by atoms with van der Waals surface area (Å²) >= 11 is 6.98. The molecule has 3 rings (SSSR count). The van der Waals surface area contributed by atoms with Crippen molar-refractivity contribution in [3.8, 4) is 0 Å². The highest BCUT2D eigenvalue weighted by molar-refractivity contribution is 7.17. The van der Waals surface area contributed by atoms with Crippen molar-refractivity contribution in [2.45, 2.75) is 83.2 Å². The van der Waals surface area contributed by atoms with E-state index in [2.05, 4.69) is 22.5 Å². The van der Waals surface area contributed by atoms with Crippen LogP contribution in [0.2, 0.25) is 4.47 Å². The molecule has 0 aliphatic heterocycles. The van der Waals surface area contributed by atoms with Crippen LogP contribution < -0.4 is 10.6 Å². The quantitative estimate of drug-likeness (QED) is 0.720. The molecule has 1 atom stereocenters. The minimum atomic E-state index is -0.104. The number of hydrogen-bond donors (Lipinski definition) is 2. The molecule has 0 saturated heterocycles. The highest BCUT2D eigenvalue weighted by atomic mass is 35.5. The highest BCUT2D eigenvalue weighted by Crippen LogP contribution is 2.29. The maximum atomic E-state index is 12.5. The van der Waals surface area contributed by atoms with E-state index in [0.717, 1.165) is 38.0 Å². The van der Waals surface area contributed by atoms with E-state index in [1.807, 2.05) is 0 Å². The number of thiazole rings is 1. The van der Waals surface area contributed by atoms with E-state index in [-0.39, 0.29) is 29.8 Å². The standard InChI is InChI=1S/C20H30ClN3O2S/c1-13(11-14-5-3-2-4-6-14)18(25)23-15-7-9-16(10-8-15)24-19(26)17-12-22-20(21)27-17/h12-16H,2-11H2,1H3,(H,23,25)(H,24,26). The first-order valence-corrected chi connectivity index (χ1v) is 11.4. The number of rotatable bonds is 6. The van der Waals surface area contributed by atoms with Crippen LogP contribution in [0, 0.1) is 11.8 Å². The first-order valence-electron chi connectivity index (χ1n) is 10.2. The summed E-state index contributed by atoms with van der Waals surface area (Å²) in [6, 6.07) is 0.392. The van der Waals surface area contributed by atoms with Crippen LogP contribution in [0.1, 0.15) is 80.8 Å². The van der Waals surface area contributed by atoms with Crippen molar-refractivity contribution >= 4 is 34.8 Å². The Balaban J connectivity index is 1.37. The summed E-state index contributed by atoms with van der Waals surface area (Å²) in [4.78, 5) is 29.2. The lowest BCUT2D eigenvalue weighted by Crippen LogP contribution is -2.45. The number of amides is 2. The van der Waals surface area contributed by atoms with E-state index >= 15 is 0 Å². The fraction of sp³-hybridized carbons (Fsp3) is 0.750. The monoisotopic (exact) mass is 411 g/mol. The smallest absolute Gasteiger partial charge is 0.263 e. The lowest BCUT2D eigenvalue weighted by atomic mass is 9.83. The van der Waals surface area contributed by atoms with Crippen LogP contribution in [-0.2, 0) is 4.79 Å². The van der Waals surface area contributed by atoms with Crippen molar-refractivity contribution in [3.63, 3.8) is 0 Å². The van der Waals surface area contributed by atoms with Crippen molar-refractivity contribution in [2.24, 2.45) is 11.8 Å². The molecule has 1 heterocycles. The van der Waals surface area contributed by atoms with E-state index < -0.39 is 0 Å². The van der Waals surface area contributed by atoms with Gasteiger partial charge >= 0.3 is 0 Å². The van der Waals surface area contributed by atoms with E-state index in [1.165, 1.54) is 49.6 Å². The summed E-state index contributed by atoms with van der Waals surface area (Å²) in [5.74, 6) is 0.924. The molecule has 1 unspecified atom stereocenters. The summed E-state index contributed by atoms with van der Waals surface area (Å²) in [6.07, 6.45) is 12.7. The zero-order valence-corrected chi connectivity index (χ0v) is 17.6. The number of hydrogen-bond acceptors (Lipinski definition) is 4. The Morgan fingerprint density at radius 3 is 2.33 bits per heavy atom. The van der Waals surface area contributed by atoms with Crippen LogP contribution in [0.5, 0.6) is 0 Å². The van der Waals surface area contributed by atoms with Crippen molar-refractivity contribution in [1.29, 1.82) is 0 Å². The number of carbonyl (C=O) groups is 2. The fourth-order valence-electron chi connectivity index (χ4n) is 4.37. The highest BCUT2D eigenvalue weighted by Gasteiger charge is 2.27. The van der Waals surface area contributed by atoms with Gasteiger partial charge in [0.25, 0.3) is 5.91 Å². The SMILES string of the molecule is CC(CC1CCCCC1)C(=O)NC1CCC(NC(=O)c2cnc(Cl)s2)CC1. The van der Waals surface area contributed by atoms with Crippen LogP contribution in [0.25, 0.3) is 0 Å². The van der Waals surface area contributed by atoms with Gasteiger partial charge in [-0.15, -0.1) is 0 Å². The first kappa shape index (κ1) is 20.6. The molecule has 5 nitrogen and oxygen atoms in total. The molecular formula is C20H30ClN3O2S. The molecule has 0 spiro atoms. The molecule has 0 radical (unpaired) electrons. The number of aromatic nitrogens is 1. The first-order chi connectivity index (χ1) is 13.0. The fourth-order valence-corrected chi connectivity index (χ4v) is 5.21. The van der Waals surface area contributed by atoms with Crippen molar-refractivity contribution < 1.29 is 9.59 Å². The number of halogens is 1. The summed E-state index contributed by atoms with van der Waals surface area (Å²) in [6.45, 7) is 2.07. The van der Waals surface area contributed by atoms with Gasteiger partial charge in [0.15, 0.2) is 4.47 Å². The minimum absolute atomic E-state index is 0.0987. The Kier molecular flexibility index (Phi) is 7.53. The molecule has 2 aliphatic carbocycles. The normalized spacial score (nSPS) is 25.0. The Hall–Kier alpha value is -1.14. The Labute approximate surface area is 170 Å². The van der Waals surface area contributed by atoms with Crippen LogP contribution in [0.4, 0.5) is 0 Å². The maximum Gasteiger partial charge on any atom is 0.263 e. The largest absolute Gasteiger partial charge is 0.353 e. The van der Waals surface area contributed by atoms with Gasteiger partial charge in [0, 0.05) is 18.0 Å². The van der Waals surface area contributed by atoms with Gasteiger partial charge in [0.1, 0.15) is 4.88 Å². The molecule has 1 aromatic heterocycles. The van der Waals surface area contributed by atoms with Gasteiger partial charge in [-0.2, -0.15) is 0 Å².